The number of carbonyl (C=O) groups excluding carboxylic acids is 2. The minimum Gasteiger partial charge on any atom is -0.324 e. The Kier molecular flexibility index (Phi) is 6.04. The van der Waals surface area contributed by atoms with E-state index in [1.807, 2.05) is 12.1 Å². The summed E-state index contributed by atoms with van der Waals surface area (Å²) in [5, 5.41) is 7.39. The van der Waals surface area contributed by atoms with Crippen molar-refractivity contribution in [1.29, 1.82) is 0 Å². The first-order chi connectivity index (χ1) is 12.4. The molecule has 2 aromatic carbocycles. The molecule has 2 aromatic rings. The molecule has 26 heavy (non-hydrogen) atoms. The fraction of sp³-hybridized carbons (Fsp3) is 0.222. The van der Waals surface area contributed by atoms with Gasteiger partial charge in [-0.2, -0.15) is 0 Å². The largest absolute Gasteiger partial charge is 0.324 e. The number of carbonyl (C=O) groups is 2. The van der Waals surface area contributed by atoms with Gasteiger partial charge in [0.25, 0.3) is 0 Å². The molecule has 5 nitrogen and oxygen atoms in total. The quantitative estimate of drug-likeness (QED) is 0.794. The molecule has 8 heteroatoms. The molecule has 1 atom stereocenters. The van der Waals surface area contributed by atoms with Gasteiger partial charge in [0.15, 0.2) is 0 Å². The third kappa shape index (κ3) is 4.68. The van der Waals surface area contributed by atoms with Crippen LogP contribution < -0.4 is 10.6 Å². The van der Waals surface area contributed by atoms with Gasteiger partial charge in [-0.25, -0.2) is 0 Å². The zero-order valence-electron chi connectivity index (χ0n) is 13.6. The lowest BCUT2D eigenvalue weighted by Gasteiger charge is -2.32. The Morgan fingerprint density at radius 1 is 1.12 bits per heavy atom. The summed E-state index contributed by atoms with van der Waals surface area (Å²) in [5.74, 6) is -0.392. The van der Waals surface area contributed by atoms with Gasteiger partial charge in [-0.3, -0.25) is 14.9 Å². The summed E-state index contributed by atoms with van der Waals surface area (Å²) in [6, 6.07) is 12.1. The van der Waals surface area contributed by atoms with Crippen molar-refractivity contribution in [3.8, 4) is 0 Å². The van der Waals surface area contributed by atoms with Crippen LogP contribution in [0.25, 0.3) is 0 Å². The van der Waals surface area contributed by atoms with E-state index < -0.39 is 0 Å². The third-order valence-corrected chi connectivity index (χ3v) is 5.06. The van der Waals surface area contributed by atoms with Crippen LogP contribution in [0.15, 0.2) is 42.5 Å². The molecule has 0 saturated carbocycles. The number of hydrogen-bond acceptors (Lipinski definition) is 3. The minimum absolute atomic E-state index is 0.0422. The van der Waals surface area contributed by atoms with E-state index in [0.717, 1.165) is 5.56 Å². The van der Waals surface area contributed by atoms with Crippen molar-refractivity contribution in [1.82, 2.24) is 10.2 Å². The molecular formula is C18H16Cl3N3O2. The Morgan fingerprint density at radius 2 is 1.85 bits per heavy atom. The molecule has 0 aromatic heterocycles. The molecule has 0 bridgehead atoms. The maximum absolute atomic E-state index is 12.4. The molecule has 136 valence electrons. The van der Waals surface area contributed by atoms with Gasteiger partial charge >= 0.3 is 0 Å². The molecular weight excluding hydrogens is 397 g/mol. The monoisotopic (exact) mass is 411 g/mol. The molecule has 1 aliphatic heterocycles. The van der Waals surface area contributed by atoms with E-state index in [0.29, 0.717) is 27.4 Å². The number of halogens is 3. The summed E-state index contributed by atoms with van der Waals surface area (Å²) < 4.78 is 0. The second-order valence-electron chi connectivity index (χ2n) is 5.94. The Hall–Kier alpha value is -1.79. The highest BCUT2D eigenvalue weighted by Gasteiger charge is 2.27. The molecule has 1 unspecified atom stereocenters. The predicted molar refractivity (Wildman–Crippen MR) is 104 cm³/mol. The third-order valence-electron chi connectivity index (χ3n) is 4.07. The highest BCUT2D eigenvalue weighted by Crippen LogP contribution is 2.25. The van der Waals surface area contributed by atoms with Crippen molar-refractivity contribution in [2.24, 2.45) is 0 Å². The first-order valence-corrected chi connectivity index (χ1v) is 9.07. The van der Waals surface area contributed by atoms with Gasteiger partial charge in [0.05, 0.1) is 16.7 Å². The van der Waals surface area contributed by atoms with Gasteiger partial charge in [0.2, 0.25) is 11.8 Å². The maximum Gasteiger partial charge on any atom is 0.244 e. The number of nitrogens with zero attached hydrogens (tertiary/aromatic N) is 1. The first kappa shape index (κ1) is 19.0. The molecule has 0 aliphatic carbocycles. The number of benzene rings is 2. The van der Waals surface area contributed by atoms with Gasteiger partial charge in [-0.15, -0.1) is 0 Å². The van der Waals surface area contributed by atoms with Gasteiger partial charge < -0.3 is 10.2 Å². The van der Waals surface area contributed by atoms with Crippen molar-refractivity contribution < 1.29 is 9.59 Å². The minimum atomic E-state index is -0.302. The van der Waals surface area contributed by atoms with Crippen LogP contribution in [0.4, 0.5) is 5.69 Å². The molecule has 0 spiro atoms. The SMILES string of the molecule is O=C(CN1CNC(c2ccc(Cl)cc2)CC1=O)Nc1ccc(Cl)c(Cl)c1. The second-order valence-corrected chi connectivity index (χ2v) is 7.19. The van der Waals surface area contributed by atoms with E-state index >= 15 is 0 Å². The standard InChI is InChI=1S/C18H16Cl3N3O2/c19-12-3-1-11(2-4-12)16-8-18(26)24(10-22-16)9-17(25)23-13-5-6-14(20)15(21)7-13/h1-7,16,22H,8-10H2,(H,23,25). The average molecular weight is 413 g/mol. The van der Waals surface area contributed by atoms with Crippen LogP contribution in [0.2, 0.25) is 15.1 Å². The number of anilines is 1. The normalized spacial score (nSPS) is 17.3. The van der Waals surface area contributed by atoms with Gasteiger partial charge in [-0.05, 0) is 35.9 Å². The van der Waals surface area contributed by atoms with E-state index in [1.165, 1.54) is 4.90 Å². The Morgan fingerprint density at radius 3 is 2.50 bits per heavy atom. The summed E-state index contributed by atoms with van der Waals surface area (Å²) in [6.45, 7) is 0.250. The fourth-order valence-corrected chi connectivity index (χ4v) is 3.13. The molecule has 1 heterocycles. The lowest BCUT2D eigenvalue weighted by molar-refractivity contribution is -0.138. The van der Waals surface area contributed by atoms with E-state index in [9.17, 15) is 9.59 Å². The topological polar surface area (TPSA) is 61.4 Å². The lowest BCUT2D eigenvalue weighted by Crippen LogP contribution is -2.49. The molecule has 2 N–H and O–H groups in total. The molecule has 3 rings (SSSR count). The Balaban J connectivity index is 1.56. The van der Waals surface area contributed by atoms with Crippen LogP contribution >= 0.6 is 34.8 Å². The van der Waals surface area contributed by atoms with Crippen LogP contribution in [-0.2, 0) is 9.59 Å². The zero-order valence-corrected chi connectivity index (χ0v) is 15.9. The molecule has 1 aliphatic rings. The van der Waals surface area contributed by atoms with Gasteiger partial charge in [0.1, 0.15) is 6.54 Å². The number of amides is 2. The van der Waals surface area contributed by atoms with Crippen LogP contribution in [-0.4, -0.2) is 29.9 Å². The molecule has 1 saturated heterocycles. The van der Waals surface area contributed by atoms with E-state index in [4.69, 9.17) is 34.8 Å². The summed E-state index contributed by atoms with van der Waals surface area (Å²) in [4.78, 5) is 26.0. The Labute approximate surface area is 166 Å². The summed E-state index contributed by atoms with van der Waals surface area (Å²) in [5.41, 5.74) is 1.52. The van der Waals surface area contributed by atoms with Crippen LogP contribution in [0.3, 0.4) is 0 Å². The fourth-order valence-electron chi connectivity index (χ4n) is 2.71. The summed E-state index contributed by atoms with van der Waals surface area (Å²) >= 11 is 17.7. The smallest absolute Gasteiger partial charge is 0.244 e. The molecule has 2 amide bonds. The second kappa shape index (κ2) is 8.27. The lowest BCUT2D eigenvalue weighted by atomic mass is 10.0. The maximum atomic E-state index is 12.4. The molecule has 0 radical (unpaired) electrons. The van der Waals surface area contributed by atoms with Crippen molar-refractivity contribution in [3.63, 3.8) is 0 Å². The van der Waals surface area contributed by atoms with E-state index in [2.05, 4.69) is 10.6 Å². The zero-order chi connectivity index (χ0) is 18.7. The van der Waals surface area contributed by atoms with Crippen molar-refractivity contribution in [2.45, 2.75) is 12.5 Å². The predicted octanol–water partition coefficient (Wildman–Crippen LogP) is 4.11. The molecule has 1 fully saturated rings. The number of rotatable bonds is 4. The van der Waals surface area contributed by atoms with E-state index in [1.54, 1.807) is 30.3 Å². The van der Waals surface area contributed by atoms with Crippen molar-refractivity contribution in [3.05, 3.63) is 63.1 Å². The number of nitrogens with one attached hydrogen (secondary N) is 2. The van der Waals surface area contributed by atoms with Crippen LogP contribution in [0, 0.1) is 0 Å². The first-order valence-electron chi connectivity index (χ1n) is 7.94. The van der Waals surface area contributed by atoms with Crippen LogP contribution in [0.5, 0.6) is 0 Å². The van der Waals surface area contributed by atoms with Gasteiger partial charge in [0, 0.05) is 23.2 Å². The highest BCUT2D eigenvalue weighted by atomic mass is 35.5. The summed E-state index contributed by atoms with van der Waals surface area (Å²) in [6.07, 6.45) is 0.279. The van der Waals surface area contributed by atoms with E-state index in [-0.39, 0.29) is 30.8 Å². The average Bonchev–Trinajstić information content (AvgIpc) is 2.60. The number of hydrogen-bond donors (Lipinski definition) is 2. The Bertz CT molecular complexity index is 827. The summed E-state index contributed by atoms with van der Waals surface area (Å²) in [7, 11) is 0. The highest BCUT2D eigenvalue weighted by molar-refractivity contribution is 6.42. The van der Waals surface area contributed by atoms with Crippen molar-refractivity contribution in [2.75, 3.05) is 18.5 Å². The van der Waals surface area contributed by atoms with Crippen molar-refractivity contribution >= 4 is 52.3 Å². The van der Waals surface area contributed by atoms with Crippen LogP contribution in [0.1, 0.15) is 18.0 Å². The van der Waals surface area contributed by atoms with Gasteiger partial charge in [-0.1, -0.05) is 46.9 Å².